The fourth-order valence-corrected chi connectivity index (χ4v) is 3.97. The van der Waals surface area contributed by atoms with Crippen LogP contribution in [0.1, 0.15) is 24.0 Å². The highest BCUT2D eigenvalue weighted by Gasteiger charge is 2.09. The number of rotatable bonds is 6. The van der Waals surface area contributed by atoms with Gasteiger partial charge < -0.3 is 10.1 Å². The van der Waals surface area contributed by atoms with Gasteiger partial charge in [0.2, 0.25) is 0 Å². The molecule has 1 N–H and O–H groups in total. The van der Waals surface area contributed by atoms with E-state index in [9.17, 15) is 0 Å². The van der Waals surface area contributed by atoms with Crippen LogP contribution < -0.4 is 10.1 Å². The molecule has 2 heterocycles. The van der Waals surface area contributed by atoms with E-state index in [-0.39, 0.29) is 0 Å². The van der Waals surface area contributed by atoms with Crippen molar-refractivity contribution in [1.29, 1.82) is 0 Å². The van der Waals surface area contributed by atoms with E-state index in [0.29, 0.717) is 5.82 Å². The molecular formula is C23H21N3OS. The van der Waals surface area contributed by atoms with Crippen molar-refractivity contribution in [2.45, 2.75) is 13.3 Å². The average Bonchev–Trinajstić information content (AvgIpc) is 3.09. The minimum absolute atomic E-state index is 0.665. The van der Waals surface area contributed by atoms with Crippen LogP contribution in [0.2, 0.25) is 0 Å². The summed E-state index contributed by atoms with van der Waals surface area (Å²) in [6.07, 6.45) is 0.752. The molecule has 0 aliphatic rings. The number of anilines is 2. The number of methoxy groups -OCH3 is 1. The van der Waals surface area contributed by atoms with Gasteiger partial charge in [0, 0.05) is 17.2 Å². The van der Waals surface area contributed by atoms with Crippen LogP contribution in [0.3, 0.4) is 0 Å². The SMILES string of the molecule is C=C(C)c1nc(Cc2ccccc2)cc(Nc2cc3ccc(OC)cc3s2)n1. The number of hydrogen-bond donors (Lipinski definition) is 1. The fraction of sp³-hybridized carbons (Fsp3) is 0.130. The third-order valence-electron chi connectivity index (χ3n) is 4.37. The minimum Gasteiger partial charge on any atom is -0.497 e. The summed E-state index contributed by atoms with van der Waals surface area (Å²) in [5.41, 5.74) is 3.03. The van der Waals surface area contributed by atoms with E-state index in [2.05, 4.69) is 46.1 Å². The lowest BCUT2D eigenvalue weighted by Gasteiger charge is -2.09. The van der Waals surface area contributed by atoms with Crippen molar-refractivity contribution in [2.24, 2.45) is 0 Å². The van der Waals surface area contributed by atoms with Gasteiger partial charge in [0.1, 0.15) is 11.6 Å². The first-order valence-electron chi connectivity index (χ1n) is 9.03. The van der Waals surface area contributed by atoms with Gasteiger partial charge in [0.25, 0.3) is 0 Å². The van der Waals surface area contributed by atoms with Crippen molar-refractivity contribution in [2.75, 3.05) is 12.4 Å². The van der Waals surface area contributed by atoms with Crippen molar-refractivity contribution in [3.63, 3.8) is 0 Å². The molecule has 28 heavy (non-hydrogen) atoms. The van der Waals surface area contributed by atoms with Gasteiger partial charge in [-0.15, -0.1) is 11.3 Å². The van der Waals surface area contributed by atoms with Crippen LogP contribution in [-0.4, -0.2) is 17.1 Å². The molecule has 0 saturated carbocycles. The summed E-state index contributed by atoms with van der Waals surface area (Å²) in [4.78, 5) is 9.31. The first-order valence-corrected chi connectivity index (χ1v) is 9.85. The van der Waals surface area contributed by atoms with Gasteiger partial charge in [-0.05, 0) is 47.7 Å². The number of fused-ring (bicyclic) bond motifs is 1. The number of benzene rings is 2. The minimum atomic E-state index is 0.665. The van der Waals surface area contributed by atoms with E-state index in [0.717, 1.165) is 34.3 Å². The van der Waals surface area contributed by atoms with Gasteiger partial charge in [0.15, 0.2) is 5.82 Å². The highest BCUT2D eigenvalue weighted by Crippen LogP contribution is 2.34. The van der Waals surface area contributed by atoms with Crippen LogP contribution >= 0.6 is 11.3 Å². The summed E-state index contributed by atoms with van der Waals surface area (Å²) in [6.45, 7) is 5.94. The van der Waals surface area contributed by atoms with Gasteiger partial charge in [0.05, 0.1) is 17.8 Å². The summed E-state index contributed by atoms with van der Waals surface area (Å²) in [5.74, 6) is 2.30. The number of ether oxygens (including phenoxy) is 1. The van der Waals surface area contributed by atoms with E-state index in [1.54, 1.807) is 18.4 Å². The lowest BCUT2D eigenvalue weighted by Crippen LogP contribution is -2.02. The third-order valence-corrected chi connectivity index (χ3v) is 5.38. The molecular weight excluding hydrogens is 366 g/mol. The van der Waals surface area contributed by atoms with Crippen LogP contribution in [0, 0.1) is 0 Å². The van der Waals surface area contributed by atoms with Crippen molar-refractivity contribution >= 4 is 37.8 Å². The summed E-state index contributed by atoms with van der Waals surface area (Å²) in [5, 5.41) is 5.64. The van der Waals surface area contributed by atoms with Crippen molar-refractivity contribution in [3.8, 4) is 5.75 Å². The Hall–Kier alpha value is -3.18. The van der Waals surface area contributed by atoms with Crippen LogP contribution in [0.25, 0.3) is 15.7 Å². The summed E-state index contributed by atoms with van der Waals surface area (Å²) in [6, 6.07) is 20.5. The Balaban J connectivity index is 1.65. The Bertz CT molecular complexity index is 1140. The van der Waals surface area contributed by atoms with E-state index in [1.807, 2.05) is 43.3 Å². The molecule has 2 aromatic heterocycles. The zero-order valence-corrected chi connectivity index (χ0v) is 16.7. The molecule has 0 bridgehead atoms. The van der Waals surface area contributed by atoms with E-state index >= 15 is 0 Å². The maximum absolute atomic E-state index is 5.32. The normalized spacial score (nSPS) is 10.8. The molecule has 0 unspecified atom stereocenters. The molecule has 0 saturated heterocycles. The zero-order chi connectivity index (χ0) is 19.5. The first kappa shape index (κ1) is 18.2. The average molecular weight is 388 g/mol. The van der Waals surface area contributed by atoms with Gasteiger partial charge in [-0.25, -0.2) is 9.97 Å². The molecule has 2 aromatic carbocycles. The van der Waals surface area contributed by atoms with Gasteiger partial charge >= 0.3 is 0 Å². The number of aromatic nitrogens is 2. The molecule has 4 nitrogen and oxygen atoms in total. The monoisotopic (exact) mass is 387 g/mol. The quantitative estimate of drug-likeness (QED) is 0.436. The number of nitrogens with one attached hydrogen (secondary N) is 1. The molecule has 4 aromatic rings. The predicted molar refractivity (Wildman–Crippen MR) is 118 cm³/mol. The number of allylic oxidation sites excluding steroid dienone is 1. The Labute approximate surface area is 168 Å². The van der Waals surface area contributed by atoms with Gasteiger partial charge in [-0.3, -0.25) is 0 Å². The van der Waals surface area contributed by atoms with Crippen LogP contribution in [-0.2, 0) is 6.42 Å². The fourth-order valence-electron chi connectivity index (χ4n) is 2.97. The second-order valence-electron chi connectivity index (χ2n) is 6.65. The second kappa shape index (κ2) is 7.82. The Morgan fingerprint density at radius 1 is 1.07 bits per heavy atom. The third kappa shape index (κ3) is 4.05. The molecule has 0 spiro atoms. The summed E-state index contributed by atoms with van der Waals surface area (Å²) >= 11 is 1.67. The van der Waals surface area contributed by atoms with Crippen LogP contribution in [0.15, 0.2) is 67.2 Å². The molecule has 0 radical (unpaired) electrons. The van der Waals surface area contributed by atoms with E-state index in [1.165, 1.54) is 15.6 Å². The maximum atomic E-state index is 5.32. The number of thiophene rings is 1. The number of nitrogens with zero attached hydrogens (tertiary/aromatic N) is 2. The maximum Gasteiger partial charge on any atom is 0.156 e. The standard InChI is InChI=1S/C23H21N3OS/c1-15(2)23-24-18(11-16-7-5-4-6-8-16)13-21(26-23)25-22-12-17-9-10-19(27-3)14-20(17)28-22/h4-10,12-14H,1,11H2,2-3H3,(H,24,25,26). The van der Waals surface area contributed by atoms with Gasteiger partial charge in [-0.2, -0.15) is 0 Å². The van der Waals surface area contributed by atoms with Crippen LogP contribution in [0.5, 0.6) is 5.75 Å². The summed E-state index contributed by atoms with van der Waals surface area (Å²) < 4.78 is 6.49. The largest absolute Gasteiger partial charge is 0.497 e. The molecule has 0 aliphatic carbocycles. The molecule has 0 fully saturated rings. The molecule has 0 aliphatic heterocycles. The van der Waals surface area contributed by atoms with Crippen molar-refractivity contribution < 1.29 is 4.74 Å². The Morgan fingerprint density at radius 3 is 2.64 bits per heavy atom. The number of hydrogen-bond acceptors (Lipinski definition) is 5. The van der Waals surface area contributed by atoms with Crippen molar-refractivity contribution in [3.05, 3.63) is 84.3 Å². The lowest BCUT2D eigenvalue weighted by molar-refractivity contribution is 0.415. The molecule has 5 heteroatoms. The van der Waals surface area contributed by atoms with E-state index < -0.39 is 0 Å². The predicted octanol–water partition coefficient (Wildman–Crippen LogP) is 6.07. The first-order chi connectivity index (χ1) is 13.6. The molecule has 140 valence electrons. The molecule has 0 atom stereocenters. The smallest absolute Gasteiger partial charge is 0.156 e. The second-order valence-corrected chi connectivity index (χ2v) is 7.73. The van der Waals surface area contributed by atoms with Crippen LogP contribution in [0.4, 0.5) is 10.8 Å². The summed E-state index contributed by atoms with van der Waals surface area (Å²) in [7, 11) is 1.68. The molecule has 0 amide bonds. The molecule has 4 rings (SSSR count). The van der Waals surface area contributed by atoms with E-state index in [4.69, 9.17) is 4.74 Å². The Kier molecular flexibility index (Phi) is 5.08. The zero-order valence-electron chi connectivity index (χ0n) is 15.9. The highest BCUT2D eigenvalue weighted by atomic mass is 32.1. The topological polar surface area (TPSA) is 47.0 Å². The van der Waals surface area contributed by atoms with Crippen molar-refractivity contribution in [1.82, 2.24) is 9.97 Å². The Morgan fingerprint density at radius 2 is 1.89 bits per heavy atom. The lowest BCUT2D eigenvalue weighted by atomic mass is 10.1. The van der Waals surface area contributed by atoms with Gasteiger partial charge in [-0.1, -0.05) is 36.9 Å². The highest BCUT2D eigenvalue weighted by molar-refractivity contribution is 7.22.